The first kappa shape index (κ1) is 15.0. The lowest BCUT2D eigenvalue weighted by molar-refractivity contribution is 0.194. The molecule has 1 aromatic rings. The van der Waals surface area contributed by atoms with E-state index in [0.29, 0.717) is 17.5 Å². The molecular weight excluding hydrogens is 229 g/mol. The van der Waals surface area contributed by atoms with Crippen LogP contribution in [0.15, 0.2) is 18.2 Å². The summed E-state index contributed by atoms with van der Waals surface area (Å²) in [5.74, 6) is 0.247. The van der Waals surface area contributed by atoms with Crippen LogP contribution in [0.3, 0.4) is 0 Å². The lowest BCUT2D eigenvalue weighted by Gasteiger charge is -2.31. The van der Waals surface area contributed by atoms with Crippen molar-refractivity contribution in [3.05, 3.63) is 29.6 Å². The highest BCUT2D eigenvalue weighted by molar-refractivity contribution is 5.55. The fourth-order valence-corrected chi connectivity index (χ4v) is 2.32. The fourth-order valence-electron chi connectivity index (χ4n) is 2.32. The molecule has 0 saturated heterocycles. The Morgan fingerprint density at radius 1 is 1.22 bits per heavy atom. The zero-order valence-corrected chi connectivity index (χ0v) is 11.9. The predicted octanol–water partition coefficient (Wildman–Crippen LogP) is 3.75. The summed E-state index contributed by atoms with van der Waals surface area (Å²) >= 11 is 0. The molecule has 0 aromatic heterocycles. The van der Waals surface area contributed by atoms with Crippen LogP contribution >= 0.6 is 0 Å². The van der Waals surface area contributed by atoms with Gasteiger partial charge in [-0.05, 0) is 38.3 Å². The van der Waals surface area contributed by atoms with Gasteiger partial charge in [-0.25, -0.2) is 4.39 Å². The third-order valence-electron chi connectivity index (χ3n) is 3.30. The van der Waals surface area contributed by atoms with E-state index in [9.17, 15) is 9.50 Å². The quantitative estimate of drug-likeness (QED) is 0.864. The minimum atomic E-state index is -0.796. The van der Waals surface area contributed by atoms with Gasteiger partial charge in [-0.2, -0.15) is 0 Å². The van der Waals surface area contributed by atoms with E-state index in [0.717, 1.165) is 12.1 Å². The molecule has 1 aromatic carbocycles. The van der Waals surface area contributed by atoms with E-state index in [1.807, 2.05) is 18.0 Å². The molecule has 2 nitrogen and oxygen atoms in total. The zero-order chi connectivity index (χ0) is 13.9. The van der Waals surface area contributed by atoms with Crippen LogP contribution in [0.1, 0.15) is 45.8 Å². The number of hydrogen-bond donors (Lipinski definition) is 1. The van der Waals surface area contributed by atoms with Crippen molar-refractivity contribution in [3.63, 3.8) is 0 Å². The Balaban J connectivity index is 3.05. The molecule has 0 heterocycles. The van der Waals surface area contributed by atoms with Gasteiger partial charge < -0.3 is 10.0 Å². The third-order valence-corrected chi connectivity index (χ3v) is 3.30. The standard InChI is InChI=1S/C15H24FNO/c1-10(2)9-11(3)17(5)14-8-6-7-13(16)15(14)12(4)18/h6-8,10-12,18H,9H2,1-5H3. The monoisotopic (exact) mass is 253 g/mol. The number of nitrogens with zero attached hydrogens (tertiary/aromatic N) is 1. The van der Waals surface area contributed by atoms with Gasteiger partial charge in [0.15, 0.2) is 0 Å². The first-order chi connectivity index (χ1) is 8.34. The summed E-state index contributed by atoms with van der Waals surface area (Å²) in [4.78, 5) is 2.05. The molecule has 3 heteroatoms. The number of anilines is 1. The van der Waals surface area contributed by atoms with Crippen molar-refractivity contribution < 1.29 is 9.50 Å². The smallest absolute Gasteiger partial charge is 0.131 e. The van der Waals surface area contributed by atoms with Crippen LogP contribution in [0.5, 0.6) is 0 Å². The first-order valence-electron chi connectivity index (χ1n) is 6.53. The second-order valence-electron chi connectivity index (χ2n) is 5.44. The molecule has 0 amide bonds. The molecule has 0 radical (unpaired) electrons. The summed E-state index contributed by atoms with van der Waals surface area (Å²) in [6, 6.07) is 5.26. The molecule has 2 unspecified atom stereocenters. The van der Waals surface area contributed by atoms with Crippen LogP contribution in [0, 0.1) is 11.7 Å². The van der Waals surface area contributed by atoms with Gasteiger partial charge in [0.2, 0.25) is 0 Å². The Hall–Kier alpha value is -1.09. The van der Waals surface area contributed by atoms with E-state index in [1.165, 1.54) is 6.07 Å². The molecule has 0 fully saturated rings. The molecule has 0 saturated carbocycles. The minimum Gasteiger partial charge on any atom is -0.389 e. The van der Waals surface area contributed by atoms with Gasteiger partial charge >= 0.3 is 0 Å². The van der Waals surface area contributed by atoms with Gasteiger partial charge in [-0.1, -0.05) is 19.9 Å². The molecule has 1 N–H and O–H groups in total. The second kappa shape index (κ2) is 6.19. The Labute approximate surface area is 109 Å². The lowest BCUT2D eigenvalue weighted by Crippen LogP contribution is -2.31. The zero-order valence-electron chi connectivity index (χ0n) is 11.9. The maximum absolute atomic E-state index is 13.8. The highest BCUT2D eigenvalue weighted by atomic mass is 19.1. The highest BCUT2D eigenvalue weighted by Crippen LogP contribution is 2.30. The summed E-state index contributed by atoms with van der Waals surface area (Å²) in [5, 5.41) is 9.73. The van der Waals surface area contributed by atoms with Crippen LogP contribution in [-0.4, -0.2) is 18.2 Å². The molecule has 0 aliphatic heterocycles. The summed E-state index contributed by atoms with van der Waals surface area (Å²) < 4.78 is 13.8. The number of halogens is 1. The normalized spacial score (nSPS) is 14.7. The van der Waals surface area contributed by atoms with Gasteiger partial charge in [-0.15, -0.1) is 0 Å². The van der Waals surface area contributed by atoms with Crippen molar-refractivity contribution in [2.45, 2.75) is 46.3 Å². The summed E-state index contributed by atoms with van der Waals surface area (Å²) in [6.45, 7) is 8.07. The van der Waals surface area contributed by atoms with E-state index in [4.69, 9.17) is 0 Å². The Morgan fingerprint density at radius 2 is 1.83 bits per heavy atom. The molecule has 102 valence electrons. The van der Waals surface area contributed by atoms with Crippen molar-refractivity contribution in [2.24, 2.45) is 5.92 Å². The van der Waals surface area contributed by atoms with E-state index in [2.05, 4.69) is 20.8 Å². The largest absolute Gasteiger partial charge is 0.389 e. The van der Waals surface area contributed by atoms with Crippen molar-refractivity contribution in [1.82, 2.24) is 0 Å². The maximum Gasteiger partial charge on any atom is 0.131 e. The van der Waals surface area contributed by atoms with Gasteiger partial charge in [0.1, 0.15) is 5.82 Å². The maximum atomic E-state index is 13.8. The molecule has 0 aliphatic carbocycles. The van der Waals surface area contributed by atoms with E-state index < -0.39 is 6.10 Å². The SMILES string of the molecule is CC(C)CC(C)N(C)c1cccc(F)c1C(C)O. The van der Waals surface area contributed by atoms with Gasteiger partial charge in [-0.3, -0.25) is 0 Å². The molecule has 2 atom stereocenters. The van der Waals surface area contributed by atoms with E-state index in [-0.39, 0.29) is 5.82 Å². The topological polar surface area (TPSA) is 23.5 Å². The molecule has 18 heavy (non-hydrogen) atoms. The van der Waals surface area contributed by atoms with Crippen molar-refractivity contribution in [2.75, 3.05) is 11.9 Å². The van der Waals surface area contributed by atoms with Crippen molar-refractivity contribution in [3.8, 4) is 0 Å². The average molecular weight is 253 g/mol. The van der Waals surface area contributed by atoms with Gasteiger partial charge in [0.05, 0.1) is 6.10 Å². The van der Waals surface area contributed by atoms with E-state index in [1.54, 1.807) is 13.0 Å². The van der Waals surface area contributed by atoms with Crippen molar-refractivity contribution in [1.29, 1.82) is 0 Å². The molecule has 0 bridgehead atoms. The average Bonchev–Trinajstić information content (AvgIpc) is 2.26. The van der Waals surface area contributed by atoms with Crippen LogP contribution in [0.4, 0.5) is 10.1 Å². The van der Waals surface area contributed by atoms with Gasteiger partial charge in [0.25, 0.3) is 0 Å². The van der Waals surface area contributed by atoms with Gasteiger partial charge in [0, 0.05) is 24.3 Å². The molecule has 0 aliphatic rings. The van der Waals surface area contributed by atoms with Crippen LogP contribution in [-0.2, 0) is 0 Å². The third kappa shape index (κ3) is 3.45. The van der Waals surface area contributed by atoms with Crippen LogP contribution < -0.4 is 4.90 Å². The summed E-state index contributed by atoms with van der Waals surface area (Å²) in [6.07, 6.45) is 0.238. The van der Waals surface area contributed by atoms with E-state index >= 15 is 0 Å². The second-order valence-corrected chi connectivity index (χ2v) is 5.44. The minimum absolute atomic E-state index is 0.310. The summed E-state index contributed by atoms with van der Waals surface area (Å²) in [5.41, 5.74) is 1.16. The van der Waals surface area contributed by atoms with Crippen LogP contribution in [0.25, 0.3) is 0 Å². The fraction of sp³-hybridized carbons (Fsp3) is 0.600. The van der Waals surface area contributed by atoms with Crippen LogP contribution in [0.2, 0.25) is 0 Å². The Kier molecular flexibility index (Phi) is 5.15. The number of aliphatic hydroxyl groups is 1. The molecular formula is C15H24FNO. The summed E-state index contributed by atoms with van der Waals surface area (Å²) in [7, 11) is 1.95. The first-order valence-corrected chi connectivity index (χ1v) is 6.53. The number of benzene rings is 1. The number of hydrogen-bond acceptors (Lipinski definition) is 2. The lowest BCUT2D eigenvalue weighted by atomic mass is 10.0. The number of rotatable bonds is 5. The molecule has 0 spiro atoms. The predicted molar refractivity (Wildman–Crippen MR) is 74.4 cm³/mol. The van der Waals surface area contributed by atoms with Crippen molar-refractivity contribution >= 4 is 5.69 Å². The molecule has 1 rings (SSSR count). The number of aliphatic hydroxyl groups excluding tert-OH is 1. The highest BCUT2D eigenvalue weighted by Gasteiger charge is 2.19. The Morgan fingerprint density at radius 3 is 2.33 bits per heavy atom. The Bertz CT molecular complexity index is 390.